The lowest BCUT2D eigenvalue weighted by Gasteiger charge is -2.23. The van der Waals surface area contributed by atoms with E-state index < -0.39 is 10.0 Å². The molecule has 0 bridgehead atoms. The van der Waals surface area contributed by atoms with E-state index in [2.05, 4.69) is 10.3 Å². The van der Waals surface area contributed by atoms with Crippen LogP contribution in [0.25, 0.3) is 10.9 Å². The molecule has 23 heavy (non-hydrogen) atoms. The van der Waals surface area contributed by atoms with Gasteiger partial charge >= 0.3 is 0 Å². The summed E-state index contributed by atoms with van der Waals surface area (Å²) in [7, 11) is -3.22. The first kappa shape index (κ1) is 17.5. The topological polar surface area (TPSA) is 82.3 Å². The number of H-pyrrole nitrogens is 1. The van der Waals surface area contributed by atoms with Crippen LogP contribution in [0.15, 0.2) is 30.3 Å². The van der Waals surface area contributed by atoms with E-state index in [9.17, 15) is 13.2 Å². The standard InChI is InChI=1S/C16H23N3O3S/c1-12(2)19(23(3,21)22)10-6-9-17-16(20)15-11-13-7-4-5-8-14(13)18-15/h4-5,7-8,11-12,18H,6,9-10H2,1-3H3,(H,17,20). The Morgan fingerprint density at radius 1 is 1.30 bits per heavy atom. The Bertz CT molecular complexity index is 748. The van der Waals surface area contributed by atoms with Crippen LogP contribution >= 0.6 is 0 Å². The molecule has 0 saturated carbocycles. The minimum absolute atomic E-state index is 0.0885. The Kier molecular flexibility index (Phi) is 5.43. The number of sulfonamides is 1. The van der Waals surface area contributed by atoms with Gasteiger partial charge in [-0.05, 0) is 32.4 Å². The third-order valence-corrected chi connectivity index (χ3v) is 5.07. The third kappa shape index (κ3) is 4.56. The number of aromatic nitrogens is 1. The molecule has 0 saturated heterocycles. The molecule has 0 spiro atoms. The molecule has 1 heterocycles. The molecule has 0 fully saturated rings. The van der Waals surface area contributed by atoms with Crippen LogP contribution in [0.1, 0.15) is 30.8 Å². The molecule has 1 aromatic heterocycles. The lowest BCUT2D eigenvalue weighted by atomic mass is 10.2. The van der Waals surface area contributed by atoms with Crippen molar-refractivity contribution >= 4 is 26.8 Å². The Morgan fingerprint density at radius 2 is 2.00 bits per heavy atom. The summed E-state index contributed by atoms with van der Waals surface area (Å²) in [4.78, 5) is 15.2. The normalized spacial score (nSPS) is 12.2. The molecule has 126 valence electrons. The fourth-order valence-corrected chi connectivity index (χ4v) is 3.76. The second-order valence-corrected chi connectivity index (χ2v) is 7.78. The lowest BCUT2D eigenvalue weighted by Crippen LogP contribution is -2.38. The van der Waals surface area contributed by atoms with Gasteiger partial charge in [0.1, 0.15) is 5.69 Å². The molecule has 0 aliphatic rings. The summed E-state index contributed by atoms with van der Waals surface area (Å²) in [5, 5.41) is 3.80. The first-order chi connectivity index (χ1) is 10.8. The van der Waals surface area contributed by atoms with Crippen molar-refractivity contribution in [1.82, 2.24) is 14.6 Å². The number of hydrogen-bond donors (Lipinski definition) is 2. The van der Waals surface area contributed by atoms with E-state index in [1.165, 1.54) is 10.6 Å². The zero-order chi connectivity index (χ0) is 17.0. The third-order valence-electron chi connectivity index (χ3n) is 3.62. The van der Waals surface area contributed by atoms with E-state index in [-0.39, 0.29) is 11.9 Å². The van der Waals surface area contributed by atoms with Gasteiger partial charge in [-0.1, -0.05) is 18.2 Å². The number of fused-ring (bicyclic) bond motifs is 1. The molecular weight excluding hydrogens is 314 g/mol. The minimum Gasteiger partial charge on any atom is -0.351 e. The summed E-state index contributed by atoms with van der Waals surface area (Å²) in [6.45, 7) is 4.49. The highest BCUT2D eigenvalue weighted by atomic mass is 32.2. The van der Waals surface area contributed by atoms with Crippen molar-refractivity contribution in [2.45, 2.75) is 26.3 Å². The van der Waals surface area contributed by atoms with Crippen molar-refractivity contribution in [2.24, 2.45) is 0 Å². The van der Waals surface area contributed by atoms with E-state index in [4.69, 9.17) is 0 Å². The van der Waals surface area contributed by atoms with Gasteiger partial charge in [0.2, 0.25) is 10.0 Å². The van der Waals surface area contributed by atoms with Crippen LogP contribution in [-0.4, -0.2) is 49.0 Å². The number of para-hydroxylation sites is 1. The molecule has 0 atom stereocenters. The zero-order valence-corrected chi connectivity index (χ0v) is 14.5. The monoisotopic (exact) mass is 337 g/mol. The Morgan fingerprint density at radius 3 is 2.61 bits per heavy atom. The van der Waals surface area contributed by atoms with Crippen LogP contribution in [0.2, 0.25) is 0 Å². The van der Waals surface area contributed by atoms with Crippen LogP contribution in [-0.2, 0) is 10.0 Å². The largest absolute Gasteiger partial charge is 0.351 e. The SMILES string of the molecule is CC(C)N(CCCNC(=O)c1cc2ccccc2[nH]1)S(C)(=O)=O. The van der Waals surface area contributed by atoms with Gasteiger partial charge in [-0.15, -0.1) is 0 Å². The second-order valence-electron chi connectivity index (χ2n) is 5.85. The van der Waals surface area contributed by atoms with E-state index >= 15 is 0 Å². The highest BCUT2D eigenvalue weighted by Crippen LogP contribution is 2.14. The molecule has 2 aromatic rings. The molecule has 0 aliphatic heterocycles. The van der Waals surface area contributed by atoms with E-state index in [1.807, 2.05) is 44.2 Å². The average molecular weight is 337 g/mol. The molecule has 7 heteroatoms. The van der Waals surface area contributed by atoms with Crippen LogP contribution in [0.4, 0.5) is 0 Å². The fraction of sp³-hybridized carbons (Fsp3) is 0.438. The first-order valence-corrected chi connectivity index (χ1v) is 9.46. The van der Waals surface area contributed by atoms with Gasteiger partial charge in [-0.2, -0.15) is 4.31 Å². The summed E-state index contributed by atoms with van der Waals surface area (Å²) in [5.41, 5.74) is 1.43. The number of benzene rings is 1. The maximum atomic E-state index is 12.1. The summed E-state index contributed by atoms with van der Waals surface area (Å²) >= 11 is 0. The molecule has 2 N–H and O–H groups in total. The highest BCUT2D eigenvalue weighted by molar-refractivity contribution is 7.88. The number of rotatable bonds is 7. The van der Waals surface area contributed by atoms with Crippen molar-refractivity contribution in [3.05, 3.63) is 36.0 Å². The zero-order valence-electron chi connectivity index (χ0n) is 13.7. The molecule has 1 aromatic carbocycles. The summed E-state index contributed by atoms with van der Waals surface area (Å²) < 4.78 is 24.7. The van der Waals surface area contributed by atoms with Crippen molar-refractivity contribution in [2.75, 3.05) is 19.3 Å². The van der Waals surface area contributed by atoms with Crippen LogP contribution in [0.3, 0.4) is 0 Å². The highest BCUT2D eigenvalue weighted by Gasteiger charge is 2.19. The van der Waals surface area contributed by atoms with E-state index in [0.29, 0.717) is 25.2 Å². The maximum absolute atomic E-state index is 12.1. The number of aromatic amines is 1. The molecule has 2 rings (SSSR count). The van der Waals surface area contributed by atoms with Crippen LogP contribution in [0, 0.1) is 0 Å². The van der Waals surface area contributed by atoms with Crippen LogP contribution < -0.4 is 5.32 Å². The van der Waals surface area contributed by atoms with Gasteiger partial charge in [0.15, 0.2) is 0 Å². The average Bonchev–Trinajstić information content (AvgIpc) is 2.88. The summed E-state index contributed by atoms with van der Waals surface area (Å²) in [6, 6.07) is 9.40. The summed E-state index contributed by atoms with van der Waals surface area (Å²) in [6.07, 6.45) is 1.77. The Hall–Kier alpha value is -1.86. The quantitative estimate of drug-likeness (QED) is 0.758. The number of amides is 1. The first-order valence-electron chi connectivity index (χ1n) is 7.62. The van der Waals surface area contributed by atoms with Crippen LogP contribution in [0.5, 0.6) is 0 Å². The smallest absolute Gasteiger partial charge is 0.267 e. The minimum atomic E-state index is -3.22. The van der Waals surface area contributed by atoms with Gasteiger partial charge in [0.25, 0.3) is 5.91 Å². The van der Waals surface area contributed by atoms with E-state index in [1.54, 1.807) is 0 Å². The van der Waals surface area contributed by atoms with Crippen molar-refractivity contribution in [3.63, 3.8) is 0 Å². The van der Waals surface area contributed by atoms with Gasteiger partial charge < -0.3 is 10.3 Å². The predicted octanol–water partition coefficient (Wildman–Crippen LogP) is 1.96. The van der Waals surface area contributed by atoms with Crippen molar-refractivity contribution in [3.8, 4) is 0 Å². The van der Waals surface area contributed by atoms with Gasteiger partial charge in [0, 0.05) is 30.0 Å². The molecule has 0 aliphatic carbocycles. The van der Waals surface area contributed by atoms with Crippen molar-refractivity contribution in [1.29, 1.82) is 0 Å². The van der Waals surface area contributed by atoms with Crippen molar-refractivity contribution < 1.29 is 13.2 Å². The molecule has 6 nitrogen and oxygen atoms in total. The maximum Gasteiger partial charge on any atom is 0.267 e. The molecular formula is C16H23N3O3S. The summed E-state index contributed by atoms with van der Waals surface area (Å²) in [5.74, 6) is -0.184. The second kappa shape index (κ2) is 7.14. The molecule has 0 radical (unpaired) electrons. The van der Waals surface area contributed by atoms with Gasteiger partial charge in [-0.25, -0.2) is 8.42 Å². The Balaban J connectivity index is 1.87. The number of nitrogens with zero attached hydrogens (tertiary/aromatic N) is 1. The molecule has 0 unspecified atom stereocenters. The number of hydrogen-bond acceptors (Lipinski definition) is 3. The predicted molar refractivity (Wildman–Crippen MR) is 91.9 cm³/mol. The van der Waals surface area contributed by atoms with Gasteiger partial charge in [0.05, 0.1) is 6.26 Å². The van der Waals surface area contributed by atoms with E-state index in [0.717, 1.165) is 10.9 Å². The molecule has 1 amide bonds. The number of nitrogens with one attached hydrogen (secondary N) is 2. The lowest BCUT2D eigenvalue weighted by molar-refractivity contribution is 0.0948. The fourth-order valence-electron chi connectivity index (χ4n) is 2.53. The number of carbonyl (C=O) groups excluding carboxylic acids is 1. The van der Waals surface area contributed by atoms with Gasteiger partial charge in [-0.3, -0.25) is 4.79 Å². The Labute approximate surface area is 136 Å². The number of carbonyl (C=O) groups is 1.